The molecule has 3 heteroatoms. The fourth-order valence-corrected chi connectivity index (χ4v) is 1.66. The number of nitrogens with zero attached hydrogens (tertiary/aromatic N) is 2. The van der Waals surface area contributed by atoms with Crippen LogP contribution in [-0.2, 0) is 0 Å². The van der Waals surface area contributed by atoms with E-state index >= 15 is 0 Å². The van der Waals surface area contributed by atoms with Gasteiger partial charge in [-0.05, 0) is 24.3 Å². The van der Waals surface area contributed by atoms with E-state index in [2.05, 4.69) is 15.3 Å². The van der Waals surface area contributed by atoms with Crippen LogP contribution in [0, 0.1) is 0 Å². The topological polar surface area (TPSA) is 37.8 Å². The molecule has 2 heterocycles. The second-order valence-electron chi connectivity index (χ2n) is 4.00. The normalized spacial score (nSPS) is 22.8. The minimum absolute atomic E-state index is 0.563. The first-order valence-corrected chi connectivity index (χ1v) is 4.96. The minimum Gasteiger partial charge on any atom is -0.315 e. The molecule has 0 spiro atoms. The Hall–Kier alpha value is -0.960. The lowest BCUT2D eigenvalue weighted by atomic mass is 10.0. The van der Waals surface area contributed by atoms with Gasteiger partial charge in [0, 0.05) is 31.4 Å². The van der Waals surface area contributed by atoms with Crippen LogP contribution in [0.25, 0.3) is 0 Å². The second kappa shape index (κ2) is 2.77. The third-order valence-corrected chi connectivity index (χ3v) is 2.89. The second-order valence-corrected chi connectivity index (χ2v) is 4.00. The Labute approximate surface area is 77.6 Å². The third-order valence-electron chi connectivity index (χ3n) is 2.89. The molecule has 0 amide bonds. The molecular weight excluding hydrogens is 162 g/mol. The Morgan fingerprint density at radius 3 is 2.23 bits per heavy atom. The van der Waals surface area contributed by atoms with Gasteiger partial charge >= 0.3 is 0 Å². The monoisotopic (exact) mass is 175 g/mol. The Morgan fingerprint density at radius 2 is 1.77 bits per heavy atom. The number of rotatable bonds is 2. The van der Waals surface area contributed by atoms with Crippen LogP contribution in [0.15, 0.2) is 12.4 Å². The van der Waals surface area contributed by atoms with Crippen LogP contribution in [0.3, 0.4) is 0 Å². The van der Waals surface area contributed by atoms with E-state index in [0.29, 0.717) is 5.92 Å². The molecule has 3 nitrogen and oxygen atoms in total. The van der Waals surface area contributed by atoms with Gasteiger partial charge < -0.3 is 5.32 Å². The number of hydrogen-bond donors (Lipinski definition) is 1. The lowest BCUT2D eigenvalue weighted by Crippen LogP contribution is -2.40. The molecule has 2 aliphatic rings. The van der Waals surface area contributed by atoms with Crippen molar-refractivity contribution in [1.82, 2.24) is 15.3 Å². The molecule has 0 radical (unpaired) electrons. The zero-order valence-electron chi connectivity index (χ0n) is 7.53. The van der Waals surface area contributed by atoms with Gasteiger partial charge in [0.05, 0.1) is 0 Å². The van der Waals surface area contributed by atoms with Crippen LogP contribution in [-0.4, -0.2) is 23.1 Å². The van der Waals surface area contributed by atoms with E-state index in [0.717, 1.165) is 24.8 Å². The van der Waals surface area contributed by atoms with Crippen molar-refractivity contribution < 1.29 is 0 Å². The quantitative estimate of drug-likeness (QED) is 0.729. The van der Waals surface area contributed by atoms with Crippen molar-refractivity contribution in [3.8, 4) is 0 Å². The van der Waals surface area contributed by atoms with Crippen LogP contribution >= 0.6 is 0 Å². The average Bonchev–Trinajstić information content (AvgIpc) is 2.85. The molecule has 0 unspecified atom stereocenters. The van der Waals surface area contributed by atoms with E-state index < -0.39 is 0 Å². The molecular formula is C10H13N3. The average molecular weight is 175 g/mol. The van der Waals surface area contributed by atoms with Crippen molar-refractivity contribution >= 4 is 0 Å². The summed E-state index contributed by atoms with van der Waals surface area (Å²) in [6.07, 6.45) is 6.68. The summed E-state index contributed by atoms with van der Waals surface area (Å²) in [5, 5.41) is 3.23. The molecule has 1 N–H and O–H groups in total. The van der Waals surface area contributed by atoms with Crippen molar-refractivity contribution in [3.63, 3.8) is 0 Å². The molecule has 0 aromatic carbocycles. The molecule has 1 saturated carbocycles. The highest BCUT2D eigenvalue weighted by Gasteiger charge is 2.25. The van der Waals surface area contributed by atoms with Gasteiger partial charge in [0.2, 0.25) is 0 Å². The molecule has 2 fully saturated rings. The highest BCUT2D eigenvalue weighted by Crippen LogP contribution is 2.39. The van der Waals surface area contributed by atoms with Crippen LogP contribution in [0.4, 0.5) is 0 Å². The predicted octanol–water partition coefficient (Wildman–Crippen LogP) is 1.04. The first-order valence-electron chi connectivity index (χ1n) is 4.96. The maximum atomic E-state index is 4.41. The summed E-state index contributed by atoms with van der Waals surface area (Å²) in [4.78, 5) is 8.82. The molecule has 13 heavy (non-hydrogen) atoms. The van der Waals surface area contributed by atoms with Crippen molar-refractivity contribution in [2.24, 2.45) is 0 Å². The fraction of sp³-hybridized carbons (Fsp3) is 0.600. The predicted molar refractivity (Wildman–Crippen MR) is 49.6 cm³/mol. The van der Waals surface area contributed by atoms with Crippen molar-refractivity contribution in [3.05, 3.63) is 23.8 Å². The van der Waals surface area contributed by atoms with Gasteiger partial charge in [-0.3, -0.25) is 0 Å². The maximum absolute atomic E-state index is 4.41. The van der Waals surface area contributed by atoms with Crippen LogP contribution in [0.5, 0.6) is 0 Å². The number of aromatic nitrogens is 2. The Morgan fingerprint density at radius 1 is 1.08 bits per heavy atom. The Balaban J connectivity index is 1.80. The van der Waals surface area contributed by atoms with Crippen LogP contribution < -0.4 is 5.32 Å². The van der Waals surface area contributed by atoms with Gasteiger partial charge in [-0.25, -0.2) is 9.97 Å². The van der Waals surface area contributed by atoms with Gasteiger partial charge in [0.1, 0.15) is 5.82 Å². The van der Waals surface area contributed by atoms with Crippen LogP contribution in [0.1, 0.15) is 36.1 Å². The highest BCUT2D eigenvalue weighted by atomic mass is 15.0. The zero-order valence-corrected chi connectivity index (χ0v) is 7.53. The molecule has 1 aromatic heterocycles. The molecule has 0 atom stereocenters. The smallest absolute Gasteiger partial charge is 0.133 e. The van der Waals surface area contributed by atoms with E-state index in [1.165, 1.54) is 18.4 Å². The third kappa shape index (κ3) is 1.33. The van der Waals surface area contributed by atoms with Gasteiger partial charge in [0.15, 0.2) is 0 Å². The lowest BCUT2D eigenvalue weighted by Gasteiger charge is -2.25. The first kappa shape index (κ1) is 7.44. The zero-order chi connectivity index (χ0) is 8.67. The van der Waals surface area contributed by atoms with Gasteiger partial charge in [0.25, 0.3) is 0 Å². The van der Waals surface area contributed by atoms with Gasteiger partial charge in [-0.2, -0.15) is 0 Å². The molecule has 1 saturated heterocycles. The molecule has 68 valence electrons. The summed E-state index contributed by atoms with van der Waals surface area (Å²) >= 11 is 0. The molecule has 1 aromatic rings. The highest BCUT2D eigenvalue weighted by molar-refractivity contribution is 5.18. The standard InChI is InChI=1S/C10H13N3/c1-2-7(1)8-5-12-10(13-6-8)9-3-11-4-9/h5-7,9,11H,1-4H2. The molecule has 0 bridgehead atoms. The first-order chi connectivity index (χ1) is 6.43. The summed E-state index contributed by atoms with van der Waals surface area (Å²) in [5.41, 5.74) is 1.33. The van der Waals surface area contributed by atoms with E-state index in [1.807, 2.05) is 12.4 Å². The van der Waals surface area contributed by atoms with Gasteiger partial charge in [-0.15, -0.1) is 0 Å². The van der Waals surface area contributed by atoms with Gasteiger partial charge in [-0.1, -0.05) is 0 Å². The van der Waals surface area contributed by atoms with Crippen LogP contribution in [0.2, 0.25) is 0 Å². The van der Waals surface area contributed by atoms with E-state index in [9.17, 15) is 0 Å². The number of hydrogen-bond acceptors (Lipinski definition) is 3. The summed E-state index contributed by atoms with van der Waals surface area (Å²) < 4.78 is 0. The minimum atomic E-state index is 0.563. The largest absolute Gasteiger partial charge is 0.315 e. The summed E-state index contributed by atoms with van der Waals surface area (Å²) in [7, 11) is 0. The van der Waals surface area contributed by atoms with E-state index in [1.54, 1.807) is 0 Å². The molecule has 1 aliphatic carbocycles. The summed E-state index contributed by atoms with van der Waals surface area (Å²) in [6.45, 7) is 2.09. The van der Waals surface area contributed by atoms with E-state index in [-0.39, 0.29) is 0 Å². The Bertz CT molecular complexity index is 298. The maximum Gasteiger partial charge on any atom is 0.133 e. The SMILES string of the molecule is c1nc(C2CNC2)ncc1C1CC1. The fourth-order valence-electron chi connectivity index (χ4n) is 1.66. The number of nitrogens with one attached hydrogen (secondary N) is 1. The van der Waals surface area contributed by atoms with E-state index in [4.69, 9.17) is 0 Å². The lowest BCUT2D eigenvalue weighted by molar-refractivity contribution is 0.429. The summed E-state index contributed by atoms with van der Waals surface area (Å²) in [5.74, 6) is 2.35. The summed E-state index contributed by atoms with van der Waals surface area (Å²) in [6, 6.07) is 0. The molecule has 1 aliphatic heterocycles. The Kier molecular flexibility index (Phi) is 1.59. The van der Waals surface area contributed by atoms with Crippen molar-refractivity contribution in [2.45, 2.75) is 24.7 Å². The van der Waals surface area contributed by atoms with Crippen molar-refractivity contribution in [1.29, 1.82) is 0 Å². The molecule has 3 rings (SSSR count). The van der Waals surface area contributed by atoms with Crippen molar-refractivity contribution in [2.75, 3.05) is 13.1 Å².